The van der Waals surface area contributed by atoms with E-state index in [0.29, 0.717) is 13.1 Å². The van der Waals surface area contributed by atoms with Gasteiger partial charge in [0.2, 0.25) is 0 Å². The summed E-state index contributed by atoms with van der Waals surface area (Å²) >= 11 is 1.57. The van der Waals surface area contributed by atoms with Crippen molar-refractivity contribution in [1.29, 1.82) is 0 Å². The van der Waals surface area contributed by atoms with Crippen LogP contribution in [0.3, 0.4) is 0 Å². The number of nitrogens with zero attached hydrogens (tertiary/aromatic N) is 1. The highest BCUT2D eigenvalue weighted by Gasteiger charge is 2.22. The molecule has 0 bridgehead atoms. The fraction of sp³-hybridized carbons (Fsp3) is 0.538. The van der Waals surface area contributed by atoms with E-state index in [9.17, 15) is 9.59 Å². The standard InChI is InChI=1S/C13H20N2O4S/c1-3-15(9-10-5-4-8-20-10)13(18)14-11(12(16)17)6-7-19-2/h4-5,8,11H,3,6-7,9H2,1-2H3,(H,14,18)(H,16,17). The lowest BCUT2D eigenvalue weighted by atomic mass is 10.2. The predicted molar refractivity (Wildman–Crippen MR) is 76.9 cm³/mol. The molecule has 0 spiro atoms. The Morgan fingerprint density at radius 3 is 2.80 bits per heavy atom. The molecule has 0 aliphatic heterocycles. The molecule has 0 saturated heterocycles. The second kappa shape index (κ2) is 8.55. The number of hydrogen-bond donors (Lipinski definition) is 2. The van der Waals surface area contributed by atoms with Gasteiger partial charge in [0.1, 0.15) is 6.04 Å². The lowest BCUT2D eigenvalue weighted by molar-refractivity contribution is -0.139. The number of thiophene rings is 1. The maximum atomic E-state index is 12.1. The minimum Gasteiger partial charge on any atom is -0.480 e. The molecule has 2 N–H and O–H groups in total. The Morgan fingerprint density at radius 2 is 2.30 bits per heavy atom. The van der Waals surface area contributed by atoms with E-state index in [0.717, 1.165) is 4.88 Å². The van der Waals surface area contributed by atoms with Crippen molar-refractivity contribution in [2.75, 3.05) is 20.3 Å². The Kier molecular flexibility index (Phi) is 7.03. The number of urea groups is 1. The molecule has 2 amide bonds. The van der Waals surface area contributed by atoms with E-state index in [4.69, 9.17) is 9.84 Å². The molecule has 1 rings (SSSR count). The van der Waals surface area contributed by atoms with E-state index in [1.54, 1.807) is 16.2 Å². The zero-order valence-electron chi connectivity index (χ0n) is 11.7. The van der Waals surface area contributed by atoms with Gasteiger partial charge in [-0.15, -0.1) is 11.3 Å². The second-order valence-electron chi connectivity index (χ2n) is 4.22. The smallest absolute Gasteiger partial charge is 0.326 e. The quantitative estimate of drug-likeness (QED) is 0.767. The van der Waals surface area contributed by atoms with Crippen molar-refractivity contribution in [2.24, 2.45) is 0 Å². The third-order valence-electron chi connectivity index (χ3n) is 2.80. The van der Waals surface area contributed by atoms with Gasteiger partial charge in [-0.2, -0.15) is 0 Å². The van der Waals surface area contributed by atoms with Crippen molar-refractivity contribution in [3.05, 3.63) is 22.4 Å². The van der Waals surface area contributed by atoms with Gasteiger partial charge in [-0.25, -0.2) is 9.59 Å². The van der Waals surface area contributed by atoms with Crippen molar-refractivity contribution in [3.63, 3.8) is 0 Å². The van der Waals surface area contributed by atoms with Crippen LogP contribution in [0.25, 0.3) is 0 Å². The van der Waals surface area contributed by atoms with Crippen LogP contribution in [0.2, 0.25) is 0 Å². The second-order valence-corrected chi connectivity index (χ2v) is 5.25. The van der Waals surface area contributed by atoms with Crippen LogP contribution in [-0.2, 0) is 16.1 Å². The minimum atomic E-state index is -1.05. The zero-order valence-corrected chi connectivity index (χ0v) is 12.5. The molecule has 0 fully saturated rings. The zero-order chi connectivity index (χ0) is 15.0. The SMILES string of the molecule is CCN(Cc1cccs1)C(=O)NC(CCOC)C(=O)O. The summed E-state index contributed by atoms with van der Waals surface area (Å²) < 4.78 is 4.85. The third kappa shape index (κ3) is 5.18. The summed E-state index contributed by atoms with van der Waals surface area (Å²) in [6, 6.07) is 2.56. The number of carbonyl (C=O) groups is 2. The van der Waals surface area contributed by atoms with E-state index in [2.05, 4.69) is 5.32 Å². The average Bonchev–Trinajstić information content (AvgIpc) is 2.93. The number of rotatable bonds is 8. The number of hydrogen-bond acceptors (Lipinski definition) is 4. The summed E-state index contributed by atoms with van der Waals surface area (Å²) in [7, 11) is 1.50. The molecule has 112 valence electrons. The van der Waals surface area contributed by atoms with E-state index < -0.39 is 12.0 Å². The van der Waals surface area contributed by atoms with Crippen molar-refractivity contribution in [2.45, 2.75) is 25.9 Å². The number of methoxy groups -OCH3 is 1. The van der Waals surface area contributed by atoms with Gasteiger partial charge in [0, 0.05) is 31.6 Å². The molecule has 20 heavy (non-hydrogen) atoms. The van der Waals surface area contributed by atoms with Crippen LogP contribution in [0.4, 0.5) is 4.79 Å². The largest absolute Gasteiger partial charge is 0.480 e. The highest BCUT2D eigenvalue weighted by Crippen LogP contribution is 2.12. The van der Waals surface area contributed by atoms with E-state index in [1.807, 2.05) is 24.4 Å². The number of amides is 2. The normalized spacial score (nSPS) is 11.9. The fourth-order valence-electron chi connectivity index (χ4n) is 1.65. The van der Waals surface area contributed by atoms with Crippen LogP contribution in [0.15, 0.2) is 17.5 Å². The summed E-state index contributed by atoms with van der Waals surface area (Å²) in [5, 5.41) is 13.5. The van der Waals surface area contributed by atoms with Crippen LogP contribution in [0.5, 0.6) is 0 Å². The number of carbonyl (C=O) groups excluding carboxylic acids is 1. The van der Waals surface area contributed by atoms with Crippen LogP contribution in [0, 0.1) is 0 Å². The summed E-state index contributed by atoms with van der Waals surface area (Å²) in [5.74, 6) is -1.05. The van der Waals surface area contributed by atoms with Crippen molar-refractivity contribution in [1.82, 2.24) is 10.2 Å². The number of carboxylic acids is 1. The number of nitrogens with one attached hydrogen (secondary N) is 1. The minimum absolute atomic E-state index is 0.244. The first-order chi connectivity index (χ1) is 9.58. The molecule has 1 heterocycles. The number of carboxylic acid groups (broad SMARTS) is 1. The summed E-state index contributed by atoms with van der Waals surface area (Å²) in [6.45, 7) is 3.14. The molecule has 7 heteroatoms. The van der Waals surface area contributed by atoms with Crippen molar-refractivity contribution in [3.8, 4) is 0 Å². The van der Waals surface area contributed by atoms with E-state index in [-0.39, 0.29) is 19.1 Å². The third-order valence-corrected chi connectivity index (χ3v) is 3.66. The lowest BCUT2D eigenvalue weighted by Crippen LogP contribution is -2.48. The van der Waals surface area contributed by atoms with Crippen LogP contribution in [0.1, 0.15) is 18.2 Å². The number of aliphatic carboxylic acids is 1. The Bertz CT molecular complexity index is 422. The Labute approximate surface area is 122 Å². The molecule has 0 aromatic carbocycles. The molecule has 6 nitrogen and oxygen atoms in total. The summed E-state index contributed by atoms with van der Waals surface area (Å²) in [4.78, 5) is 25.8. The van der Waals surface area contributed by atoms with Gasteiger partial charge in [-0.3, -0.25) is 0 Å². The first-order valence-corrected chi connectivity index (χ1v) is 7.26. The predicted octanol–water partition coefficient (Wildman–Crippen LogP) is 1.77. The van der Waals surface area contributed by atoms with E-state index in [1.165, 1.54) is 7.11 Å². The highest BCUT2D eigenvalue weighted by molar-refractivity contribution is 7.09. The van der Waals surface area contributed by atoms with Gasteiger partial charge in [0.15, 0.2) is 0 Å². The summed E-state index contributed by atoms with van der Waals surface area (Å²) in [6.07, 6.45) is 0.244. The average molecular weight is 300 g/mol. The van der Waals surface area contributed by atoms with Gasteiger partial charge in [-0.05, 0) is 18.4 Å². The van der Waals surface area contributed by atoms with Gasteiger partial charge in [0.05, 0.1) is 6.54 Å². The molecule has 1 aromatic heterocycles. The molecular weight excluding hydrogens is 280 g/mol. The molecule has 0 saturated carbocycles. The molecule has 0 radical (unpaired) electrons. The molecule has 0 aliphatic rings. The molecule has 1 atom stereocenters. The van der Waals surface area contributed by atoms with Gasteiger partial charge >= 0.3 is 12.0 Å². The van der Waals surface area contributed by atoms with Crippen LogP contribution in [-0.4, -0.2) is 48.3 Å². The monoisotopic (exact) mass is 300 g/mol. The first-order valence-electron chi connectivity index (χ1n) is 6.38. The first kappa shape index (κ1) is 16.5. The Morgan fingerprint density at radius 1 is 1.55 bits per heavy atom. The molecule has 0 aliphatic carbocycles. The summed E-state index contributed by atoms with van der Waals surface area (Å²) in [5.41, 5.74) is 0. The maximum absolute atomic E-state index is 12.1. The lowest BCUT2D eigenvalue weighted by Gasteiger charge is -2.23. The Hall–Kier alpha value is -1.60. The van der Waals surface area contributed by atoms with Gasteiger partial charge in [-0.1, -0.05) is 6.07 Å². The van der Waals surface area contributed by atoms with Gasteiger partial charge in [0.25, 0.3) is 0 Å². The molecule has 1 unspecified atom stereocenters. The number of ether oxygens (including phenoxy) is 1. The topological polar surface area (TPSA) is 78.9 Å². The van der Waals surface area contributed by atoms with Crippen LogP contribution < -0.4 is 5.32 Å². The molecular formula is C13H20N2O4S. The van der Waals surface area contributed by atoms with Gasteiger partial charge < -0.3 is 20.1 Å². The van der Waals surface area contributed by atoms with E-state index >= 15 is 0 Å². The van der Waals surface area contributed by atoms with Crippen LogP contribution >= 0.6 is 11.3 Å². The van der Waals surface area contributed by atoms with Crippen molar-refractivity contribution >= 4 is 23.3 Å². The molecule has 1 aromatic rings. The Balaban J connectivity index is 2.58. The fourth-order valence-corrected chi connectivity index (χ4v) is 2.37. The maximum Gasteiger partial charge on any atom is 0.326 e. The highest BCUT2D eigenvalue weighted by atomic mass is 32.1. The van der Waals surface area contributed by atoms with Crippen molar-refractivity contribution < 1.29 is 19.4 Å².